The molecule has 1 aromatic rings. The van der Waals surface area contributed by atoms with Gasteiger partial charge in [-0.15, -0.1) is 0 Å². The van der Waals surface area contributed by atoms with Crippen LogP contribution < -0.4 is 10.6 Å². The van der Waals surface area contributed by atoms with Crippen LogP contribution in [0, 0.1) is 11.3 Å². The zero-order valence-electron chi connectivity index (χ0n) is 20.8. The second-order valence-electron chi connectivity index (χ2n) is 9.82. The van der Waals surface area contributed by atoms with Crippen LogP contribution in [0.15, 0.2) is 35.5 Å². The summed E-state index contributed by atoms with van der Waals surface area (Å²) < 4.78 is 10.4. The zero-order valence-corrected chi connectivity index (χ0v) is 21.6. The van der Waals surface area contributed by atoms with Crippen molar-refractivity contribution in [2.75, 3.05) is 32.7 Å². The highest BCUT2D eigenvalue weighted by Crippen LogP contribution is 2.32. The molecule has 0 radical (unpaired) electrons. The lowest BCUT2D eigenvalue weighted by Crippen LogP contribution is -2.46. The van der Waals surface area contributed by atoms with Gasteiger partial charge in [-0.25, -0.2) is 4.79 Å². The van der Waals surface area contributed by atoms with E-state index in [2.05, 4.69) is 38.3 Å². The molecular formula is C25H37N3O4S. The quantitative estimate of drug-likeness (QED) is 0.311. The molecule has 1 aliphatic heterocycles. The Labute approximate surface area is 202 Å². The van der Waals surface area contributed by atoms with Crippen molar-refractivity contribution in [2.24, 2.45) is 11.3 Å². The van der Waals surface area contributed by atoms with Gasteiger partial charge in [-0.1, -0.05) is 39.8 Å². The van der Waals surface area contributed by atoms with Crippen LogP contribution in [-0.4, -0.2) is 49.3 Å². The summed E-state index contributed by atoms with van der Waals surface area (Å²) in [5.41, 5.74) is 2.86. The Morgan fingerprint density at radius 1 is 1.27 bits per heavy atom. The monoisotopic (exact) mass is 475 g/mol. The molecule has 0 saturated heterocycles. The standard InChI is InChI=1S/C25H37N3O4S/c1-16(15-25(3,4)5)13-20(29)26-19-10-8-9-18(14-19)22-21(23(30)32-12-11-31-7)17(2)28(6)24(33)27-22/h8-10,14,16,22H,11-13,15H2,1-7H3,(H,26,29)(H,27,33)/t16-,22+/m1/s1. The van der Waals surface area contributed by atoms with Crippen LogP contribution >= 0.6 is 12.2 Å². The van der Waals surface area contributed by atoms with E-state index in [0.717, 1.165) is 17.7 Å². The third-order valence-electron chi connectivity index (χ3n) is 5.49. The summed E-state index contributed by atoms with van der Waals surface area (Å²) in [6, 6.07) is 6.99. The second kappa shape index (κ2) is 11.6. The number of hydrogen-bond acceptors (Lipinski definition) is 5. The zero-order chi connectivity index (χ0) is 24.8. The number of ether oxygens (including phenoxy) is 2. The summed E-state index contributed by atoms with van der Waals surface area (Å²) in [5.74, 6) is -0.177. The number of thiocarbonyl (C=S) groups is 1. The van der Waals surface area contributed by atoms with Gasteiger partial charge in [0, 0.05) is 32.0 Å². The summed E-state index contributed by atoms with van der Waals surface area (Å²) in [5, 5.41) is 6.73. The van der Waals surface area contributed by atoms with Crippen molar-refractivity contribution in [3.05, 3.63) is 41.1 Å². The molecule has 1 amide bonds. The van der Waals surface area contributed by atoms with E-state index < -0.39 is 12.0 Å². The Balaban J connectivity index is 2.22. The molecule has 2 N–H and O–H groups in total. The topological polar surface area (TPSA) is 79.9 Å². The van der Waals surface area contributed by atoms with E-state index in [4.69, 9.17) is 21.7 Å². The van der Waals surface area contributed by atoms with E-state index in [0.29, 0.717) is 29.4 Å². The van der Waals surface area contributed by atoms with Gasteiger partial charge >= 0.3 is 5.97 Å². The van der Waals surface area contributed by atoms with Crippen molar-refractivity contribution in [3.63, 3.8) is 0 Å². The number of carbonyl (C=O) groups excluding carboxylic acids is 2. The minimum Gasteiger partial charge on any atom is -0.460 e. The molecule has 2 rings (SSSR count). The summed E-state index contributed by atoms with van der Waals surface area (Å²) in [4.78, 5) is 27.3. The smallest absolute Gasteiger partial charge is 0.338 e. The van der Waals surface area contributed by atoms with Gasteiger partial charge in [0.15, 0.2) is 5.11 Å². The molecule has 0 spiro atoms. The van der Waals surface area contributed by atoms with Crippen molar-refractivity contribution in [2.45, 2.75) is 53.5 Å². The molecule has 2 atom stereocenters. The molecule has 0 aliphatic carbocycles. The van der Waals surface area contributed by atoms with E-state index in [1.807, 2.05) is 31.2 Å². The number of benzene rings is 1. The molecule has 1 aromatic carbocycles. The first-order valence-electron chi connectivity index (χ1n) is 11.2. The van der Waals surface area contributed by atoms with Gasteiger partial charge in [0.1, 0.15) is 6.61 Å². The molecule has 0 aromatic heterocycles. The maximum absolute atomic E-state index is 12.9. The average molecular weight is 476 g/mol. The highest BCUT2D eigenvalue weighted by Gasteiger charge is 2.33. The molecule has 8 heteroatoms. The number of amides is 1. The third kappa shape index (κ3) is 7.82. The largest absolute Gasteiger partial charge is 0.460 e. The number of methoxy groups -OCH3 is 1. The number of carbonyl (C=O) groups is 2. The van der Waals surface area contributed by atoms with Gasteiger partial charge in [0.2, 0.25) is 5.91 Å². The Bertz CT molecular complexity index is 907. The van der Waals surface area contributed by atoms with Crippen LogP contribution in [0.4, 0.5) is 5.69 Å². The summed E-state index contributed by atoms with van der Waals surface area (Å²) >= 11 is 5.46. The van der Waals surface area contributed by atoms with E-state index in [-0.39, 0.29) is 23.8 Å². The van der Waals surface area contributed by atoms with E-state index in [1.165, 1.54) is 0 Å². The number of nitrogens with zero attached hydrogens (tertiary/aromatic N) is 1. The van der Waals surface area contributed by atoms with Gasteiger partial charge < -0.3 is 25.0 Å². The number of hydrogen-bond donors (Lipinski definition) is 2. The Morgan fingerprint density at radius 2 is 1.97 bits per heavy atom. The van der Waals surface area contributed by atoms with Crippen LogP contribution in [0.25, 0.3) is 0 Å². The number of allylic oxidation sites excluding steroid dienone is 1. The molecule has 0 bridgehead atoms. The average Bonchev–Trinajstić information content (AvgIpc) is 2.70. The fourth-order valence-electron chi connectivity index (χ4n) is 4.09. The molecule has 0 fully saturated rings. The van der Waals surface area contributed by atoms with Crippen LogP contribution in [0.2, 0.25) is 0 Å². The molecule has 33 heavy (non-hydrogen) atoms. The van der Waals surface area contributed by atoms with Gasteiger partial charge in [-0.3, -0.25) is 4.79 Å². The maximum atomic E-state index is 12.9. The Hall–Kier alpha value is -2.45. The number of esters is 1. The van der Waals surface area contributed by atoms with Crippen LogP contribution in [0.3, 0.4) is 0 Å². The Morgan fingerprint density at radius 3 is 2.61 bits per heavy atom. The highest BCUT2D eigenvalue weighted by atomic mass is 32.1. The second-order valence-corrected chi connectivity index (χ2v) is 10.2. The van der Waals surface area contributed by atoms with Gasteiger partial charge in [-0.2, -0.15) is 0 Å². The normalized spacial score (nSPS) is 17.5. The molecule has 7 nitrogen and oxygen atoms in total. The lowest BCUT2D eigenvalue weighted by Gasteiger charge is -2.35. The first kappa shape index (κ1) is 26.8. The van der Waals surface area contributed by atoms with E-state index in [1.54, 1.807) is 19.1 Å². The van der Waals surface area contributed by atoms with Crippen LogP contribution in [-0.2, 0) is 19.1 Å². The van der Waals surface area contributed by atoms with Crippen molar-refractivity contribution >= 4 is 34.9 Å². The molecule has 182 valence electrons. The minimum absolute atomic E-state index is 0.0262. The third-order valence-corrected chi connectivity index (χ3v) is 5.88. The van der Waals surface area contributed by atoms with E-state index >= 15 is 0 Å². The van der Waals surface area contributed by atoms with Gasteiger partial charge in [0.25, 0.3) is 0 Å². The summed E-state index contributed by atoms with van der Waals surface area (Å²) in [6.45, 7) is 11.0. The lowest BCUT2D eigenvalue weighted by atomic mass is 9.84. The first-order chi connectivity index (χ1) is 15.4. The first-order valence-corrected chi connectivity index (χ1v) is 11.6. The van der Waals surface area contributed by atoms with Crippen molar-refractivity contribution < 1.29 is 19.1 Å². The van der Waals surface area contributed by atoms with Crippen molar-refractivity contribution in [1.82, 2.24) is 10.2 Å². The number of nitrogens with one attached hydrogen (secondary N) is 2. The molecule has 0 unspecified atom stereocenters. The molecule has 1 aliphatic rings. The summed E-state index contributed by atoms with van der Waals surface area (Å²) in [7, 11) is 3.36. The predicted octanol–water partition coefficient (Wildman–Crippen LogP) is 4.41. The van der Waals surface area contributed by atoms with Crippen LogP contribution in [0.5, 0.6) is 0 Å². The Kier molecular flexibility index (Phi) is 9.43. The predicted molar refractivity (Wildman–Crippen MR) is 135 cm³/mol. The summed E-state index contributed by atoms with van der Waals surface area (Å²) in [6.07, 6.45) is 1.42. The van der Waals surface area contributed by atoms with Crippen molar-refractivity contribution in [1.29, 1.82) is 0 Å². The van der Waals surface area contributed by atoms with Gasteiger partial charge in [-0.05, 0) is 54.6 Å². The van der Waals surface area contributed by atoms with Crippen LogP contribution in [0.1, 0.15) is 59.1 Å². The van der Waals surface area contributed by atoms with Crippen molar-refractivity contribution in [3.8, 4) is 0 Å². The maximum Gasteiger partial charge on any atom is 0.338 e. The minimum atomic E-state index is -0.486. The molecular weight excluding hydrogens is 438 g/mol. The molecule has 0 saturated carbocycles. The van der Waals surface area contributed by atoms with Gasteiger partial charge in [0.05, 0.1) is 18.2 Å². The number of anilines is 1. The molecule has 1 heterocycles. The van der Waals surface area contributed by atoms with E-state index in [9.17, 15) is 9.59 Å². The number of rotatable bonds is 9. The highest BCUT2D eigenvalue weighted by molar-refractivity contribution is 7.80. The lowest BCUT2D eigenvalue weighted by molar-refractivity contribution is -0.140. The SMILES string of the molecule is COCCOC(=O)C1=C(C)N(C)C(=S)N[C@H]1c1cccc(NC(=O)C[C@@H](C)CC(C)(C)C)c1. The fraction of sp³-hybridized carbons (Fsp3) is 0.560. The fourth-order valence-corrected chi connectivity index (χ4v) is 4.34.